The summed E-state index contributed by atoms with van der Waals surface area (Å²) in [7, 11) is 5.15. The molecule has 0 bridgehead atoms. The molecular formula is C24H27ClN4O3S. The summed E-state index contributed by atoms with van der Waals surface area (Å²) < 4.78 is 10.6. The van der Waals surface area contributed by atoms with Gasteiger partial charge in [-0.3, -0.25) is 4.79 Å². The summed E-state index contributed by atoms with van der Waals surface area (Å²) in [6, 6.07) is 17.5. The zero-order chi connectivity index (χ0) is 23.6. The Morgan fingerprint density at radius 2 is 1.79 bits per heavy atom. The Hall–Kier alpha value is -2.97. The molecule has 3 aromatic rings. The maximum atomic E-state index is 12.3. The van der Waals surface area contributed by atoms with Gasteiger partial charge in [-0.1, -0.05) is 59.8 Å². The third kappa shape index (κ3) is 7.54. The molecule has 7 nitrogen and oxygen atoms in total. The van der Waals surface area contributed by atoms with E-state index < -0.39 is 0 Å². The van der Waals surface area contributed by atoms with Crippen LogP contribution in [0.1, 0.15) is 11.1 Å². The number of aromatic nitrogens is 2. The number of hydrogen-bond acceptors (Lipinski definition) is 7. The molecule has 0 saturated heterocycles. The summed E-state index contributed by atoms with van der Waals surface area (Å²) in [4.78, 5) is 23.1. The van der Waals surface area contributed by atoms with Crippen molar-refractivity contribution in [3.8, 4) is 11.5 Å². The SMILES string of the molecule is COc1ccc(CCNC(=O)CSc2nc(Cl)cc(N(C)Cc3ccccc3)n2)cc1OC. The van der Waals surface area contributed by atoms with Gasteiger partial charge in [-0.05, 0) is 29.7 Å². The Labute approximate surface area is 203 Å². The van der Waals surface area contributed by atoms with E-state index in [-0.39, 0.29) is 11.7 Å². The first-order valence-electron chi connectivity index (χ1n) is 10.4. The molecular weight excluding hydrogens is 460 g/mol. The van der Waals surface area contributed by atoms with E-state index in [1.165, 1.54) is 11.8 Å². The van der Waals surface area contributed by atoms with Gasteiger partial charge >= 0.3 is 0 Å². The lowest BCUT2D eigenvalue weighted by molar-refractivity contribution is -0.118. The zero-order valence-electron chi connectivity index (χ0n) is 18.9. The highest BCUT2D eigenvalue weighted by atomic mass is 35.5. The van der Waals surface area contributed by atoms with Crippen LogP contribution in [-0.4, -0.2) is 49.4 Å². The normalized spacial score (nSPS) is 10.5. The number of nitrogens with one attached hydrogen (secondary N) is 1. The second-order valence-corrected chi connectivity index (χ2v) is 8.58. The van der Waals surface area contributed by atoms with Gasteiger partial charge in [-0.25, -0.2) is 9.97 Å². The van der Waals surface area contributed by atoms with Crippen LogP contribution in [0.3, 0.4) is 0 Å². The van der Waals surface area contributed by atoms with Gasteiger partial charge in [-0.15, -0.1) is 0 Å². The Balaban J connectivity index is 1.49. The first-order chi connectivity index (χ1) is 16.0. The summed E-state index contributed by atoms with van der Waals surface area (Å²) in [5, 5.41) is 3.73. The predicted octanol–water partition coefficient (Wildman–Crippen LogP) is 4.23. The second-order valence-electron chi connectivity index (χ2n) is 7.25. The molecule has 0 saturated carbocycles. The monoisotopic (exact) mass is 486 g/mol. The number of thioether (sulfide) groups is 1. The van der Waals surface area contributed by atoms with Gasteiger partial charge in [0.05, 0.1) is 20.0 Å². The molecule has 1 amide bonds. The van der Waals surface area contributed by atoms with E-state index in [4.69, 9.17) is 21.1 Å². The van der Waals surface area contributed by atoms with Crippen LogP contribution in [0.4, 0.5) is 5.82 Å². The van der Waals surface area contributed by atoms with E-state index >= 15 is 0 Å². The zero-order valence-corrected chi connectivity index (χ0v) is 20.4. The van der Waals surface area contributed by atoms with Crippen molar-refractivity contribution in [1.82, 2.24) is 15.3 Å². The fourth-order valence-corrected chi connectivity index (χ4v) is 4.06. The molecule has 0 spiro atoms. The van der Waals surface area contributed by atoms with Gasteiger partial charge in [0.2, 0.25) is 5.91 Å². The molecule has 9 heteroatoms. The number of carbonyl (C=O) groups is 1. The highest BCUT2D eigenvalue weighted by molar-refractivity contribution is 7.99. The molecule has 33 heavy (non-hydrogen) atoms. The number of nitrogens with zero attached hydrogens (tertiary/aromatic N) is 3. The molecule has 3 rings (SSSR count). The lowest BCUT2D eigenvalue weighted by Gasteiger charge is -2.19. The topological polar surface area (TPSA) is 76.6 Å². The minimum atomic E-state index is -0.0942. The molecule has 0 atom stereocenters. The number of ether oxygens (including phenoxy) is 2. The number of amides is 1. The van der Waals surface area contributed by atoms with Gasteiger partial charge in [0.25, 0.3) is 0 Å². The summed E-state index contributed by atoms with van der Waals surface area (Å²) in [5.74, 6) is 2.16. The maximum Gasteiger partial charge on any atom is 0.230 e. The molecule has 174 valence electrons. The molecule has 1 heterocycles. The molecule has 1 aromatic heterocycles. The maximum absolute atomic E-state index is 12.3. The van der Waals surface area contributed by atoms with E-state index in [0.29, 0.717) is 47.1 Å². The van der Waals surface area contributed by atoms with Crippen LogP contribution in [0.15, 0.2) is 59.8 Å². The van der Waals surface area contributed by atoms with Crippen LogP contribution < -0.4 is 19.7 Å². The number of carbonyl (C=O) groups excluding carboxylic acids is 1. The molecule has 2 aromatic carbocycles. The van der Waals surface area contributed by atoms with E-state index in [0.717, 1.165) is 11.1 Å². The van der Waals surface area contributed by atoms with Crippen LogP contribution in [0.25, 0.3) is 0 Å². The first kappa shape index (κ1) is 24.7. The summed E-state index contributed by atoms with van der Waals surface area (Å²) in [6.07, 6.45) is 0.679. The van der Waals surface area contributed by atoms with E-state index in [1.54, 1.807) is 20.3 Å². The van der Waals surface area contributed by atoms with Gasteiger partial charge < -0.3 is 19.7 Å². The van der Waals surface area contributed by atoms with Crippen molar-refractivity contribution in [2.75, 3.05) is 38.5 Å². The smallest absolute Gasteiger partial charge is 0.230 e. The molecule has 0 aliphatic carbocycles. The van der Waals surface area contributed by atoms with Crippen molar-refractivity contribution in [2.45, 2.75) is 18.1 Å². The average Bonchev–Trinajstić information content (AvgIpc) is 2.83. The fraction of sp³-hybridized carbons (Fsp3) is 0.292. The number of anilines is 1. The quantitative estimate of drug-likeness (QED) is 0.247. The average molecular weight is 487 g/mol. The number of hydrogen-bond donors (Lipinski definition) is 1. The van der Waals surface area contributed by atoms with Crippen LogP contribution in [0, 0.1) is 0 Å². The standard InChI is InChI=1S/C24H27ClN4O3S/c1-29(15-18-7-5-4-6-8-18)22-14-21(25)27-24(28-22)33-16-23(30)26-12-11-17-9-10-19(31-2)20(13-17)32-3/h4-10,13-14H,11-12,15-16H2,1-3H3,(H,26,30). The minimum absolute atomic E-state index is 0.0942. The number of rotatable bonds is 11. The molecule has 0 aliphatic rings. The van der Waals surface area contributed by atoms with E-state index in [9.17, 15) is 4.79 Å². The number of halogens is 1. The van der Waals surface area contributed by atoms with Crippen LogP contribution >= 0.6 is 23.4 Å². The van der Waals surface area contributed by atoms with Crippen molar-refractivity contribution in [1.29, 1.82) is 0 Å². The Bertz CT molecular complexity index is 1070. The number of benzene rings is 2. The van der Waals surface area contributed by atoms with Crippen LogP contribution in [0.2, 0.25) is 5.15 Å². The first-order valence-corrected chi connectivity index (χ1v) is 11.7. The Morgan fingerprint density at radius 3 is 2.52 bits per heavy atom. The highest BCUT2D eigenvalue weighted by Crippen LogP contribution is 2.27. The van der Waals surface area contributed by atoms with Crippen molar-refractivity contribution in [3.63, 3.8) is 0 Å². The number of methoxy groups -OCH3 is 2. The van der Waals surface area contributed by atoms with Crippen molar-refractivity contribution < 1.29 is 14.3 Å². The van der Waals surface area contributed by atoms with Gasteiger partial charge in [0, 0.05) is 26.2 Å². The fourth-order valence-electron chi connectivity index (χ4n) is 3.15. The van der Waals surface area contributed by atoms with Crippen molar-refractivity contribution in [2.24, 2.45) is 0 Å². The molecule has 0 fully saturated rings. The molecule has 0 aliphatic heterocycles. The summed E-state index contributed by atoms with van der Waals surface area (Å²) in [6.45, 7) is 1.20. The third-order valence-electron chi connectivity index (χ3n) is 4.83. The van der Waals surface area contributed by atoms with E-state index in [2.05, 4.69) is 27.4 Å². The lowest BCUT2D eigenvalue weighted by Crippen LogP contribution is -2.27. The van der Waals surface area contributed by atoms with Crippen molar-refractivity contribution >= 4 is 35.1 Å². The highest BCUT2D eigenvalue weighted by Gasteiger charge is 2.11. The largest absolute Gasteiger partial charge is 0.493 e. The van der Waals surface area contributed by atoms with Crippen LogP contribution in [-0.2, 0) is 17.8 Å². The van der Waals surface area contributed by atoms with E-state index in [1.807, 2.05) is 48.3 Å². The summed E-state index contributed by atoms with van der Waals surface area (Å²) in [5.41, 5.74) is 2.21. The van der Waals surface area contributed by atoms with Gasteiger partial charge in [0.15, 0.2) is 16.7 Å². The molecule has 1 N–H and O–H groups in total. The van der Waals surface area contributed by atoms with Gasteiger partial charge in [0.1, 0.15) is 11.0 Å². The molecule has 0 radical (unpaired) electrons. The Morgan fingerprint density at radius 1 is 1.03 bits per heavy atom. The molecule has 0 unspecified atom stereocenters. The lowest BCUT2D eigenvalue weighted by atomic mass is 10.1. The second kappa shape index (κ2) is 12.3. The summed E-state index contributed by atoms with van der Waals surface area (Å²) >= 11 is 7.46. The predicted molar refractivity (Wildman–Crippen MR) is 133 cm³/mol. The van der Waals surface area contributed by atoms with Crippen LogP contribution in [0.5, 0.6) is 11.5 Å². The van der Waals surface area contributed by atoms with Gasteiger partial charge in [-0.2, -0.15) is 0 Å². The van der Waals surface area contributed by atoms with Crippen molar-refractivity contribution in [3.05, 3.63) is 70.9 Å². The minimum Gasteiger partial charge on any atom is -0.493 e. The Kier molecular flexibility index (Phi) is 9.21. The third-order valence-corrected chi connectivity index (χ3v) is 5.87.